The van der Waals surface area contributed by atoms with Gasteiger partial charge in [0, 0.05) is 21.9 Å². The molecule has 0 saturated heterocycles. The highest BCUT2D eigenvalue weighted by molar-refractivity contribution is 7.99. The molecule has 21 heavy (non-hydrogen) atoms. The number of benzene rings is 2. The standard InChI is InChI=1S/C15H13NO4S/c1-10-8-11(9-15(17)18)2-7-14(10)21-13-5-3-12(4-6-13)16(19)20/h2-8H,9H2,1H3,(H,17,18). The molecular weight excluding hydrogens is 290 g/mol. The van der Waals surface area contributed by atoms with E-state index in [4.69, 9.17) is 5.11 Å². The summed E-state index contributed by atoms with van der Waals surface area (Å²) in [5, 5.41) is 19.4. The molecule has 0 saturated carbocycles. The molecule has 6 heteroatoms. The second-order valence-corrected chi connectivity index (χ2v) is 5.64. The number of hydrogen-bond donors (Lipinski definition) is 1. The second kappa shape index (κ2) is 6.41. The van der Waals surface area contributed by atoms with Crippen molar-refractivity contribution in [2.24, 2.45) is 0 Å². The van der Waals surface area contributed by atoms with Crippen LogP contribution in [0.4, 0.5) is 5.69 Å². The highest BCUT2D eigenvalue weighted by Crippen LogP contribution is 2.31. The fourth-order valence-electron chi connectivity index (χ4n) is 1.87. The van der Waals surface area contributed by atoms with E-state index < -0.39 is 10.9 Å². The number of hydrogen-bond acceptors (Lipinski definition) is 4. The van der Waals surface area contributed by atoms with Crippen molar-refractivity contribution in [3.05, 3.63) is 63.7 Å². The van der Waals surface area contributed by atoms with Crippen molar-refractivity contribution in [2.45, 2.75) is 23.1 Å². The van der Waals surface area contributed by atoms with Crippen molar-refractivity contribution in [3.63, 3.8) is 0 Å². The van der Waals surface area contributed by atoms with Gasteiger partial charge in [0.1, 0.15) is 0 Å². The Morgan fingerprint density at radius 2 is 1.90 bits per heavy atom. The molecule has 0 unspecified atom stereocenters. The monoisotopic (exact) mass is 303 g/mol. The van der Waals surface area contributed by atoms with E-state index in [1.165, 1.54) is 23.9 Å². The fraction of sp³-hybridized carbons (Fsp3) is 0.133. The molecule has 0 amide bonds. The SMILES string of the molecule is Cc1cc(CC(=O)O)ccc1Sc1ccc([N+](=O)[O-])cc1. The molecule has 0 aliphatic heterocycles. The molecule has 0 fully saturated rings. The summed E-state index contributed by atoms with van der Waals surface area (Å²) in [5.74, 6) is -0.856. The quantitative estimate of drug-likeness (QED) is 0.673. The Bertz CT molecular complexity index is 683. The fourth-order valence-corrected chi connectivity index (χ4v) is 2.76. The number of rotatable bonds is 5. The molecule has 0 aliphatic rings. The van der Waals surface area contributed by atoms with Gasteiger partial charge in [-0.05, 0) is 36.2 Å². The molecule has 1 N–H and O–H groups in total. The Balaban J connectivity index is 2.15. The molecule has 0 radical (unpaired) electrons. The average Bonchev–Trinajstić information content (AvgIpc) is 2.42. The van der Waals surface area contributed by atoms with Crippen molar-refractivity contribution in [1.29, 1.82) is 0 Å². The highest BCUT2D eigenvalue weighted by atomic mass is 32.2. The van der Waals surface area contributed by atoms with Gasteiger partial charge in [-0.1, -0.05) is 23.9 Å². The summed E-state index contributed by atoms with van der Waals surface area (Å²) in [6.45, 7) is 1.92. The summed E-state index contributed by atoms with van der Waals surface area (Å²) in [4.78, 5) is 22.7. The first-order chi connectivity index (χ1) is 9.95. The number of carboxylic acid groups (broad SMARTS) is 1. The smallest absolute Gasteiger partial charge is 0.307 e. The number of aryl methyl sites for hydroxylation is 1. The maximum Gasteiger partial charge on any atom is 0.307 e. The molecule has 2 aromatic carbocycles. The molecule has 108 valence electrons. The minimum absolute atomic E-state index is 0.00329. The van der Waals surface area contributed by atoms with Crippen LogP contribution in [0.1, 0.15) is 11.1 Å². The van der Waals surface area contributed by atoms with Gasteiger partial charge < -0.3 is 5.11 Å². The van der Waals surface area contributed by atoms with Gasteiger partial charge >= 0.3 is 5.97 Å². The molecule has 0 bridgehead atoms. The van der Waals surface area contributed by atoms with Crippen LogP contribution < -0.4 is 0 Å². The van der Waals surface area contributed by atoms with Gasteiger partial charge in [-0.25, -0.2) is 0 Å². The van der Waals surface area contributed by atoms with E-state index in [9.17, 15) is 14.9 Å². The lowest BCUT2D eigenvalue weighted by atomic mass is 10.1. The molecule has 0 atom stereocenters. The largest absolute Gasteiger partial charge is 0.481 e. The first kappa shape index (κ1) is 15.1. The van der Waals surface area contributed by atoms with E-state index in [-0.39, 0.29) is 12.1 Å². The lowest BCUT2D eigenvalue weighted by Crippen LogP contribution is -2.00. The zero-order valence-corrected chi connectivity index (χ0v) is 12.1. The highest BCUT2D eigenvalue weighted by Gasteiger charge is 2.07. The number of carbonyl (C=O) groups is 1. The van der Waals surface area contributed by atoms with Crippen LogP contribution in [-0.2, 0) is 11.2 Å². The molecule has 2 rings (SSSR count). The zero-order chi connectivity index (χ0) is 15.4. The summed E-state index contributed by atoms with van der Waals surface area (Å²) in [7, 11) is 0. The van der Waals surface area contributed by atoms with Crippen molar-refractivity contribution < 1.29 is 14.8 Å². The third kappa shape index (κ3) is 4.06. The minimum atomic E-state index is -0.856. The molecule has 0 aromatic heterocycles. The Hall–Kier alpha value is -2.34. The van der Waals surface area contributed by atoms with E-state index >= 15 is 0 Å². The van der Waals surface area contributed by atoms with Gasteiger partial charge in [0.05, 0.1) is 11.3 Å². The average molecular weight is 303 g/mol. The van der Waals surface area contributed by atoms with E-state index in [1.807, 2.05) is 19.1 Å². The number of nitro groups is 1. The first-order valence-electron chi connectivity index (χ1n) is 6.19. The van der Waals surface area contributed by atoms with Crippen LogP contribution in [0.3, 0.4) is 0 Å². The normalized spacial score (nSPS) is 10.3. The van der Waals surface area contributed by atoms with Crippen molar-refractivity contribution >= 4 is 23.4 Å². The maximum absolute atomic E-state index is 10.7. The second-order valence-electron chi connectivity index (χ2n) is 4.52. The summed E-state index contributed by atoms with van der Waals surface area (Å²) in [6.07, 6.45) is 0.00329. The topological polar surface area (TPSA) is 80.4 Å². The summed E-state index contributed by atoms with van der Waals surface area (Å²) in [5.41, 5.74) is 1.80. The van der Waals surface area contributed by atoms with E-state index in [0.29, 0.717) is 0 Å². The van der Waals surface area contributed by atoms with E-state index in [1.54, 1.807) is 18.2 Å². The van der Waals surface area contributed by atoms with Gasteiger partial charge in [0.25, 0.3) is 5.69 Å². The summed E-state index contributed by atoms with van der Waals surface area (Å²) >= 11 is 1.49. The number of non-ortho nitro benzene ring substituents is 1. The third-order valence-electron chi connectivity index (χ3n) is 2.87. The molecule has 0 aliphatic carbocycles. The number of nitro benzene ring substituents is 1. The van der Waals surface area contributed by atoms with E-state index in [2.05, 4.69) is 0 Å². The van der Waals surface area contributed by atoms with Gasteiger partial charge in [-0.15, -0.1) is 0 Å². The third-order valence-corrected chi connectivity index (χ3v) is 4.06. The van der Waals surface area contributed by atoms with Crippen molar-refractivity contribution in [2.75, 3.05) is 0 Å². The zero-order valence-electron chi connectivity index (χ0n) is 11.3. The van der Waals surface area contributed by atoms with Crippen LogP contribution in [0.15, 0.2) is 52.3 Å². The summed E-state index contributed by atoms with van der Waals surface area (Å²) < 4.78 is 0. The lowest BCUT2D eigenvalue weighted by molar-refractivity contribution is -0.384. The van der Waals surface area contributed by atoms with Crippen molar-refractivity contribution in [1.82, 2.24) is 0 Å². The molecule has 0 heterocycles. The van der Waals surface area contributed by atoms with Crippen LogP contribution >= 0.6 is 11.8 Å². The lowest BCUT2D eigenvalue weighted by Gasteiger charge is -2.07. The van der Waals surface area contributed by atoms with Crippen LogP contribution in [0, 0.1) is 17.0 Å². The van der Waals surface area contributed by atoms with Crippen LogP contribution in [-0.4, -0.2) is 16.0 Å². The van der Waals surface area contributed by atoms with Crippen LogP contribution in [0.2, 0.25) is 0 Å². The van der Waals surface area contributed by atoms with E-state index in [0.717, 1.165) is 20.9 Å². The van der Waals surface area contributed by atoms with Gasteiger partial charge in [-0.2, -0.15) is 0 Å². The first-order valence-corrected chi connectivity index (χ1v) is 7.01. The number of aliphatic carboxylic acids is 1. The Morgan fingerprint density at radius 3 is 2.43 bits per heavy atom. The molecule has 0 spiro atoms. The van der Waals surface area contributed by atoms with Gasteiger partial charge in [0.2, 0.25) is 0 Å². The number of carboxylic acids is 1. The van der Waals surface area contributed by atoms with Crippen molar-refractivity contribution in [3.8, 4) is 0 Å². The minimum Gasteiger partial charge on any atom is -0.481 e. The Kier molecular flexibility index (Phi) is 4.59. The van der Waals surface area contributed by atoms with Crippen LogP contribution in [0.25, 0.3) is 0 Å². The maximum atomic E-state index is 10.7. The summed E-state index contributed by atoms with van der Waals surface area (Å²) in [6, 6.07) is 11.9. The predicted octanol–water partition coefficient (Wildman–Crippen LogP) is 3.68. The Labute approximate surface area is 125 Å². The number of nitrogens with zero attached hydrogens (tertiary/aromatic N) is 1. The Morgan fingerprint density at radius 1 is 1.24 bits per heavy atom. The van der Waals surface area contributed by atoms with Crippen LogP contribution in [0.5, 0.6) is 0 Å². The predicted molar refractivity (Wildman–Crippen MR) is 79.7 cm³/mol. The molecule has 2 aromatic rings. The molecule has 5 nitrogen and oxygen atoms in total. The van der Waals surface area contributed by atoms with Gasteiger partial charge in [0.15, 0.2) is 0 Å². The van der Waals surface area contributed by atoms with Gasteiger partial charge in [-0.3, -0.25) is 14.9 Å². The molecular formula is C15H13NO4S.